The van der Waals surface area contributed by atoms with E-state index in [9.17, 15) is 19.8 Å². The van der Waals surface area contributed by atoms with Gasteiger partial charge < -0.3 is 19.8 Å². The molecule has 0 bridgehead atoms. The molecule has 0 atom stereocenters. The quantitative estimate of drug-likeness (QED) is 0.320. The van der Waals surface area contributed by atoms with Crippen LogP contribution in [0.25, 0.3) is 0 Å². The summed E-state index contributed by atoms with van der Waals surface area (Å²) < 4.78 is -4.56. The molecule has 0 heterocycles. The minimum absolute atomic E-state index is 0. The van der Waals surface area contributed by atoms with Crippen molar-refractivity contribution in [2.45, 2.75) is 7.59 Å². The number of alkyl halides is 6. The second kappa shape index (κ2) is 8.62. The first kappa shape index (κ1) is 21.8. The van der Waals surface area contributed by atoms with Crippen molar-refractivity contribution in [3.8, 4) is 0 Å². The Labute approximate surface area is 134 Å². The Kier molecular flexibility index (Phi) is 12.5. The second-order valence-electron chi connectivity index (χ2n) is 1.57. The Morgan fingerprint density at radius 3 is 0.800 bits per heavy atom. The van der Waals surface area contributed by atoms with E-state index in [4.69, 9.17) is 69.6 Å². The molecule has 3 radical (unpaired) electrons. The van der Waals surface area contributed by atoms with E-state index < -0.39 is 19.5 Å². The van der Waals surface area contributed by atoms with Crippen molar-refractivity contribution in [2.75, 3.05) is 0 Å². The molecule has 0 aliphatic rings. The van der Waals surface area contributed by atoms with Crippen molar-refractivity contribution < 1.29 is 19.8 Å². The predicted octanol–water partition coefficient (Wildman–Crippen LogP) is -0.168. The van der Waals surface area contributed by atoms with E-state index >= 15 is 0 Å². The van der Waals surface area contributed by atoms with Crippen LogP contribution in [-0.2, 0) is 9.59 Å². The third-order valence-corrected chi connectivity index (χ3v) is 1.39. The van der Waals surface area contributed by atoms with Gasteiger partial charge in [-0.05, 0) is 0 Å². The van der Waals surface area contributed by atoms with E-state index in [-0.39, 0.29) is 26.2 Å². The van der Waals surface area contributed by atoms with Crippen LogP contribution in [0.2, 0.25) is 0 Å². The number of carboxylic acids is 2. The Morgan fingerprint density at radius 1 is 0.733 bits per heavy atom. The fraction of sp³-hybridized carbons (Fsp3) is 0.500. The molecule has 0 aromatic rings. The van der Waals surface area contributed by atoms with Crippen molar-refractivity contribution in [2.24, 2.45) is 0 Å². The van der Waals surface area contributed by atoms with Crippen molar-refractivity contribution in [3.63, 3.8) is 0 Å². The Bertz CT molecular complexity index is 196. The molecule has 0 saturated carbocycles. The van der Waals surface area contributed by atoms with Gasteiger partial charge >= 0.3 is 26.2 Å². The number of aliphatic carboxylic acids is 2. The molecule has 4 nitrogen and oxygen atoms in total. The van der Waals surface area contributed by atoms with Crippen LogP contribution >= 0.6 is 69.6 Å². The molecule has 0 rings (SSSR count). The zero-order valence-corrected chi connectivity index (χ0v) is 14.4. The van der Waals surface area contributed by atoms with E-state index in [0.29, 0.717) is 0 Å². The van der Waals surface area contributed by atoms with Crippen LogP contribution in [-0.4, -0.2) is 45.7 Å². The molecule has 0 aliphatic heterocycles. The van der Waals surface area contributed by atoms with Crippen LogP contribution < -0.4 is 10.2 Å². The Morgan fingerprint density at radius 2 is 0.800 bits per heavy atom. The predicted molar refractivity (Wildman–Crippen MR) is 56.3 cm³/mol. The maximum atomic E-state index is 9.51. The summed E-state index contributed by atoms with van der Waals surface area (Å²) in [5.74, 6) is -3.42. The van der Waals surface area contributed by atoms with E-state index in [2.05, 4.69) is 0 Å². The molecule has 0 unspecified atom stereocenters. The summed E-state index contributed by atoms with van der Waals surface area (Å²) >= 11 is 28.4. The van der Waals surface area contributed by atoms with Crippen LogP contribution in [0.3, 0.4) is 0 Å². The molecule has 0 N–H and O–H groups in total. The molecule has 15 heavy (non-hydrogen) atoms. The Hall–Kier alpha value is 1.56. The van der Waals surface area contributed by atoms with E-state index in [1.807, 2.05) is 0 Å². The fourth-order valence-corrected chi connectivity index (χ4v) is 0. The summed E-state index contributed by atoms with van der Waals surface area (Å²) in [4.78, 5) is 19.0. The fourth-order valence-electron chi connectivity index (χ4n) is 0. The number of hydrogen-bond acceptors (Lipinski definition) is 4. The number of rotatable bonds is 0. The van der Waals surface area contributed by atoms with Crippen LogP contribution in [0.4, 0.5) is 0 Å². The molecule has 87 valence electrons. The molecule has 0 aromatic heterocycles. The summed E-state index contributed by atoms with van der Waals surface area (Å²) in [5, 5.41) is 19.0. The maximum Gasteiger partial charge on any atom is 2.00 e. The number of carbonyl (C=O) groups is 2. The first-order chi connectivity index (χ1) is 5.89. The van der Waals surface area contributed by atoms with Gasteiger partial charge in [-0.15, -0.1) is 0 Å². The SMILES string of the molecule is O=C([O-])C(Cl)(Cl)Cl.O=C([O-])C(Cl)(Cl)Cl.[Bi+2]. The standard InChI is InChI=1S/2C2HCl3O2.Bi/c2*3-2(4,5)1(6)7;/h2*(H,6,7);/q;;+2/p-2. The second-order valence-corrected chi connectivity index (χ2v) is 6.13. The van der Waals surface area contributed by atoms with Gasteiger partial charge in [0.1, 0.15) is 0 Å². The van der Waals surface area contributed by atoms with Crippen molar-refractivity contribution in [1.29, 1.82) is 0 Å². The van der Waals surface area contributed by atoms with Gasteiger partial charge in [-0.25, -0.2) is 0 Å². The normalized spacial score (nSPS) is 10.5. The van der Waals surface area contributed by atoms with Crippen molar-refractivity contribution in [1.82, 2.24) is 0 Å². The number of halogens is 6. The third-order valence-electron chi connectivity index (χ3n) is 0.463. The summed E-state index contributed by atoms with van der Waals surface area (Å²) in [5.41, 5.74) is 0. The van der Waals surface area contributed by atoms with Gasteiger partial charge in [-0.3, -0.25) is 0 Å². The van der Waals surface area contributed by atoms with Gasteiger partial charge in [-0.1, -0.05) is 69.6 Å². The number of carbonyl (C=O) groups excluding carboxylic acids is 2. The van der Waals surface area contributed by atoms with Gasteiger partial charge in [0.15, 0.2) is 0 Å². The molecular weight excluding hydrogens is 534 g/mol. The number of hydrogen-bond donors (Lipinski definition) is 0. The van der Waals surface area contributed by atoms with Gasteiger partial charge in [0.2, 0.25) is 7.59 Å². The van der Waals surface area contributed by atoms with Crippen LogP contribution in [0.5, 0.6) is 0 Å². The largest absolute Gasteiger partial charge is 2.00 e. The summed E-state index contributed by atoms with van der Waals surface area (Å²) in [6.45, 7) is 0. The maximum absolute atomic E-state index is 9.51. The van der Waals surface area contributed by atoms with E-state index in [0.717, 1.165) is 0 Å². The van der Waals surface area contributed by atoms with Crippen LogP contribution in [0.1, 0.15) is 0 Å². The van der Waals surface area contributed by atoms with E-state index in [1.54, 1.807) is 0 Å². The molecule has 0 aromatic carbocycles. The summed E-state index contributed by atoms with van der Waals surface area (Å²) in [7, 11) is 0. The molecule has 0 aliphatic carbocycles. The minimum atomic E-state index is -2.28. The monoisotopic (exact) mass is 531 g/mol. The molecular formula is C4BiCl6O4. The number of carboxylic acid groups (broad SMARTS) is 2. The third kappa shape index (κ3) is 15.6. The summed E-state index contributed by atoms with van der Waals surface area (Å²) in [6, 6.07) is 0. The average Bonchev–Trinajstić information content (AvgIpc) is 1.83. The molecule has 11 heteroatoms. The van der Waals surface area contributed by atoms with Crippen molar-refractivity contribution >= 4 is 108 Å². The molecule has 0 fully saturated rings. The smallest absolute Gasteiger partial charge is 0.545 e. The van der Waals surface area contributed by atoms with Gasteiger partial charge in [0.25, 0.3) is 0 Å². The van der Waals surface area contributed by atoms with Gasteiger partial charge in [0, 0.05) is 0 Å². The zero-order chi connectivity index (χ0) is 12.2. The van der Waals surface area contributed by atoms with Crippen molar-refractivity contribution in [3.05, 3.63) is 0 Å². The minimum Gasteiger partial charge on any atom is -0.545 e. The topological polar surface area (TPSA) is 80.3 Å². The Balaban J connectivity index is -0.000000180. The average molecular weight is 534 g/mol. The van der Waals surface area contributed by atoms with Gasteiger partial charge in [-0.2, -0.15) is 0 Å². The van der Waals surface area contributed by atoms with Crippen LogP contribution in [0.15, 0.2) is 0 Å². The van der Waals surface area contributed by atoms with E-state index in [1.165, 1.54) is 0 Å². The first-order valence-corrected chi connectivity index (χ1v) is 4.72. The van der Waals surface area contributed by atoms with Gasteiger partial charge in [0.05, 0.1) is 11.9 Å². The molecule has 0 amide bonds. The first-order valence-electron chi connectivity index (χ1n) is 2.45. The molecule has 0 spiro atoms. The summed E-state index contributed by atoms with van der Waals surface area (Å²) in [6.07, 6.45) is 0. The molecule has 0 saturated heterocycles. The van der Waals surface area contributed by atoms with Crippen LogP contribution in [0, 0.1) is 0 Å². The zero-order valence-electron chi connectivity index (χ0n) is 6.35.